The molecule has 0 atom stereocenters. The van der Waals surface area contributed by atoms with E-state index in [0.717, 1.165) is 0 Å². The molecule has 11 heavy (non-hydrogen) atoms. The first-order valence-corrected chi connectivity index (χ1v) is 2.64. The molecule has 0 aliphatic carbocycles. The number of nitrogens with zero attached hydrogens (tertiary/aromatic N) is 1. The monoisotopic (exact) mass is 195 g/mol. The summed E-state index contributed by atoms with van der Waals surface area (Å²) in [7, 11) is 0. The van der Waals surface area contributed by atoms with Crippen LogP contribution in [0.1, 0.15) is 0 Å². The van der Waals surface area contributed by atoms with E-state index in [1.54, 1.807) is 0 Å². The van der Waals surface area contributed by atoms with Crippen LogP contribution in [0.3, 0.4) is 0 Å². The van der Waals surface area contributed by atoms with Gasteiger partial charge in [0, 0.05) is 23.1 Å². The molecule has 0 aliphatic heterocycles. The summed E-state index contributed by atoms with van der Waals surface area (Å²) >= 11 is 0. The van der Waals surface area contributed by atoms with Crippen LogP contribution in [0.5, 0.6) is 5.75 Å². The molecule has 1 rings (SSSR count). The van der Waals surface area contributed by atoms with E-state index >= 15 is 0 Å². The van der Waals surface area contributed by atoms with Gasteiger partial charge in [-0.25, -0.2) is 0 Å². The smallest absolute Gasteiger partial charge is 0.310 e. The predicted molar refractivity (Wildman–Crippen MR) is 34.8 cm³/mol. The van der Waals surface area contributed by atoms with Crippen molar-refractivity contribution in [3.63, 3.8) is 0 Å². The van der Waals surface area contributed by atoms with Crippen LogP contribution in [-0.2, 0) is 17.1 Å². The van der Waals surface area contributed by atoms with Crippen molar-refractivity contribution in [1.29, 1.82) is 0 Å². The van der Waals surface area contributed by atoms with E-state index in [9.17, 15) is 10.1 Å². The summed E-state index contributed by atoms with van der Waals surface area (Å²) in [5.41, 5.74) is -0.262. The summed E-state index contributed by atoms with van der Waals surface area (Å²) < 4.78 is 0. The van der Waals surface area contributed by atoms with Crippen molar-refractivity contribution in [3.8, 4) is 5.75 Å². The molecule has 0 bridgehead atoms. The van der Waals surface area contributed by atoms with Crippen LogP contribution < -0.4 is 0 Å². The topological polar surface area (TPSA) is 63.4 Å². The van der Waals surface area contributed by atoms with Crippen molar-refractivity contribution in [1.82, 2.24) is 0 Å². The number of benzene rings is 1. The first-order valence-electron chi connectivity index (χ1n) is 2.64. The van der Waals surface area contributed by atoms with Crippen LogP contribution in [0, 0.1) is 10.1 Å². The molecule has 0 amide bonds. The fraction of sp³-hybridized carbons (Fsp3) is 0. The average Bonchev–Trinajstić information content (AvgIpc) is 1.88. The summed E-state index contributed by atoms with van der Waals surface area (Å²) in [6.07, 6.45) is 0. The Hall–Kier alpha value is -1.06. The molecule has 0 aromatic heterocycles. The largest absolute Gasteiger partial charge is 0.502 e. The quantitative estimate of drug-likeness (QED) is 0.417. The minimum absolute atomic E-state index is 0. The van der Waals surface area contributed by atoms with Gasteiger partial charge >= 0.3 is 5.69 Å². The molecular formula is C6H5FeNO3. The van der Waals surface area contributed by atoms with Crippen LogP contribution in [0.25, 0.3) is 0 Å². The van der Waals surface area contributed by atoms with Gasteiger partial charge in [-0.15, -0.1) is 0 Å². The molecule has 0 saturated heterocycles. The number of nitro benzene ring substituents is 1. The predicted octanol–water partition coefficient (Wildman–Crippen LogP) is 1.30. The first kappa shape index (κ1) is 9.94. The average molecular weight is 195 g/mol. The van der Waals surface area contributed by atoms with Gasteiger partial charge in [0.05, 0.1) is 4.92 Å². The fourth-order valence-corrected chi connectivity index (χ4v) is 0.619. The second-order valence-corrected chi connectivity index (χ2v) is 1.75. The number of para-hydroxylation sites is 2. The molecule has 0 aliphatic rings. The van der Waals surface area contributed by atoms with Crippen LogP contribution in [0.15, 0.2) is 24.3 Å². The third-order valence-electron chi connectivity index (χ3n) is 1.08. The van der Waals surface area contributed by atoms with E-state index < -0.39 is 4.92 Å². The van der Waals surface area contributed by atoms with E-state index in [4.69, 9.17) is 5.11 Å². The van der Waals surface area contributed by atoms with E-state index in [1.165, 1.54) is 24.3 Å². The molecule has 0 saturated carbocycles. The number of aromatic hydroxyl groups is 1. The summed E-state index contributed by atoms with van der Waals surface area (Å²) in [5.74, 6) is -0.299. The second kappa shape index (κ2) is 3.95. The molecule has 0 radical (unpaired) electrons. The van der Waals surface area contributed by atoms with Crippen LogP contribution in [-0.4, -0.2) is 10.0 Å². The standard InChI is InChI=1S/C6H5NO3.Fe/c8-6-4-2-1-3-5(6)7(9)10;/h1-4,8H;. The molecule has 4 nitrogen and oxygen atoms in total. The van der Waals surface area contributed by atoms with E-state index in [2.05, 4.69) is 0 Å². The maximum atomic E-state index is 10.1. The number of nitro groups is 1. The maximum absolute atomic E-state index is 10.1. The van der Waals surface area contributed by atoms with Gasteiger partial charge in [-0.2, -0.15) is 0 Å². The Morgan fingerprint density at radius 2 is 1.91 bits per heavy atom. The van der Waals surface area contributed by atoms with Crippen LogP contribution in [0.2, 0.25) is 0 Å². The van der Waals surface area contributed by atoms with Crippen molar-refractivity contribution in [2.75, 3.05) is 0 Å². The molecule has 0 unspecified atom stereocenters. The zero-order valence-corrected chi connectivity index (χ0v) is 6.48. The fourth-order valence-electron chi connectivity index (χ4n) is 0.619. The summed E-state index contributed by atoms with van der Waals surface area (Å²) in [4.78, 5) is 9.44. The van der Waals surface area contributed by atoms with Crippen molar-refractivity contribution in [2.45, 2.75) is 0 Å². The Morgan fingerprint density at radius 3 is 2.27 bits per heavy atom. The Bertz CT molecular complexity index is 264. The van der Waals surface area contributed by atoms with E-state index in [-0.39, 0.29) is 28.5 Å². The normalized spacial score (nSPS) is 8.36. The Morgan fingerprint density at radius 1 is 1.36 bits per heavy atom. The maximum Gasteiger partial charge on any atom is 0.310 e. The number of rotatable bonds is 1. The van der Waals surface area contributed by atoms with Gasteiger partial charge in [0.25, 0.3) is 0 Å². The van der Waals surface area contributed by atoms with Gasteiger partial charge in [0.15, 0.2) is 5.75 Å². The van der Waals surface area contributed by atoms with Crippen molar-refractivity contribution in [3.05, 3.63) is 34.4 Å². The van der Waals surface area contributed by atoms with Crippen LogP contribution in [0.4, 0.5) is 5.69 Å². The zero-order valence-electron chi connectivity index (χ0n) is 5.37. The second-order valence-electron chi connectivity index (χ2n) is 1.75. The SMILES string of the molecule is O=[N+]([O-])c1ccccc1O.[Fe]. The molecule has 1 aromatic rings. The van der Waals surface area contributed by atoms with Gasteiger partial charge < -0.3 is 5.11 Å². The summed E-state index contributed by atoms with van der Waals surface area (Å²) in [5, 5.41) is 18.9. The Kier molecular flexibility index (Phi) is 3.57. The summed E-state index contributed by atoms with van der Waals surface area (Å²) in [6.45, 7) is 0. The molecule has 0 fully saturated rings. The molecule has 0 spiro atoms. The number of phenolic OH excluding ortho intramolecular Hbond substituents is 1. The van der Waals surface area contributed by atoms with Gasteiger partial charge in [-0.3, -0.25) is 10.1 Å². The third kappa shape index (κ3) is 2.22. The number of hydrogen-bond donors (Lipinski definition) is 1. The first-order chi connectivity index (χ1) is 4.72. The molecule has 1 N–H and O–H groups in total. The van der Waals surface area contributed by atoms with Crippen molar-refractivity contribution in [2.24, 2.45) is 0 Å². The van der Waals surface area contributed by atoms with Crippen molar-refractivity contribution < 1.29 is 27.1 Å². The Labute approximate surface area is 73.5 Å². The zero-order chi connectivity index (χ0) is 7.56. The molecular weight excluding hydrogens is 190 g/mol. The van der Waals surface area contributed by atoms with Gasteiger partial charge in [0.2, 0.25) is 0 Å². The van der Waals surface area contributed by atoms with Crippen LogP contribution >= 0.6 is 0 Å². The summed E-state index contributed by atoms with van der Waals surface area (Å²) in [6, 6.07) is 5.55. The minimum atomic E-state index is -0.630. The van der Waals surface area contributed by atoms with E-state index in [1.807, 2.05) is 0 Å². The third-order valence-corrected chi connectivity index (χ3v) is 1.08. The molecule has 5 heteroatoms. The number of phenols is 1. The molecule has 1 aromatic carbocycles. The van der Waals surface area contributed by atoms with Gasteiger partial charge in [-0.05, 0) is 6.07 Å². The molecule has 0 heterocycles. The molecule has 60 valence electrons. The Balaban J connectivity index is 0.000001000. The minimum Gasteiger partial charge on any atom is -0.502 e. The van der Waals surface area contributed by atoms with Gasteiger partial charge in [-0.1, -0.05) is 12.1 Å². The van der Waals surface area contributed by atoms with Crippen molar-refractivity contribution >= 4 is 5.69 Å². The van der Waals surface area contributed by atoms with Gasteiger partial charge in [0.1, 0.15) is 0 Å². The van der Waals surface area contributed by atoms with E-state index in [0.29, 0.717) is 0 Å². The number of hydrogen-bond acceptors (Lipinski definition) is 3.